The first-order valence-electron chi connectivity index (χ1n) is 9.31. The molecule has 0 saturated carbocycles. The highest BCUT2D eigenvalue weighted by Gasteiger charge is 2.32. The smallest absolute Gasteiger partial charge is 0.348 e. The number of esters is 1. The lowest BCUT2D eigenvalue weighted by molar-refractivity contribution is -0.137. The van der Waals surface area contributed by atoms with Crippen molar-refractivity contribution in [1.29, 1.82) is 5.26 Å². The van der Waals surface area contributed by atoms with E-state index in [4.69, 9.17) is 10.00 Å². The van der Waals surface area contributed by atoms with Crippen LogP contribution >= 0.6 is 0 Å². The SMILES string of the molecule is CCOC(=O)C(C#N)=Cc1ccc(C(=O)C(C)(C)NC(=O)c2c(F)cccc2F)cc1. The van der Waals surface area contributed by atoms with Crippen LogP contribution in [0.4, 0.5) is 8.78 Å². The number of rotatable bonds is 7. The first-order valence-corrected chi connectivity index (χ1v) is 9.31. The number of halogens is 2. The van der Waals surface area contributed by atoms with Crippen molar-refractivity contribution in [2.24, 2.45) is 0 Å². The van der Waals surface area contributed by atoms with Crippen LogP contribution < -0.4 is 5.32 Å². The van der Waals surface area contributed by atoms with Gasteiger partial charge >= 0.3 is 5.97 Å². The maximum Gasteiger partial charge on any atom is 0.348 e. The lowest BCUT2D eigenvalue weighted by Gasteiger charge is -2.25. The minimum absolute atomic E-state index is 0.128. The summed E-state index contributed by atoms with van der Waals surface area (Å²) in [5.41, 5.74) is -1.74. The van der Waals surface area contributed by atoms with Crippen molar-refractivity contribution in [3.05, 3.63) is 76.4 Å². The third-order valence-electron chi connectivity index (χ3n) is 4.28. The Bertz CT molecular complexity index is 1060. The molecule has 0 fully saturated rings. The molecule has 2 rings (SSSR count). The van der Waals surface area contributed by atoms with Gasteiger partial charge in [-0.3, -0.25) is 9.59 Å². The van der Waals surface area contributed by atoms with Crippen molar-refractivity contribution in [1.82, 2.24) is 5.32 Å². The minimum atomic E-state index is -1.47. The van der Waals surface area contributed by atoms with E-state index in [0.717, 1.165) is 18.2 Å². The number of nitriles is 1. The van der Waals surface area contributed by atoms with Gasteiger partial charge in [0, 0.05) is 5.56 Å². The van der Waals surface area contributed by atoms with Crippen LogP contribution in [-0.4, -0.2) is 29.8 Å². The van der Waals surface area contributed by atoms with Gasteiger partial charge < -0.3 is 10.1 Å². The van der Waals surface area contributed by atoms with Crippen molar-refractivity contribution >= 4 is 23.7 Å². The largest absolute Gasteiger partial charge is 0.462 e. The van der Waals surface area contributed by atoms with Crippen LogP contribution in [0.5, 0.6) is 0 Å². The van der Waals surface area contributed by atoms with E-state index in [-0.39, 0.29) is 17.7 Å². The van der Waals surface area contributed by atoms with Crippen molar-refractivity contribution < 1.29 is 27.9 Å². The van der Waals surface area contributed by atoms with E-state index in [1.807, 2.05) is 0 Å². The summed E-state index contributed by atoms with van der Waals surface area (Å²) in [4.78, 5) is 36.9. The number of Topliss-reactive ketones (excluding diaryl/α,β-unsaturated/α-hetero) is 1. The van der Waals surface area contributed by atoms with Gasteiger partial charge in [0.15, 0.2) is 5.78 Å². The number of ketones is 1. The van der Waals surface area contributed by atoms with Crippen LogP contribution in [0, 0.1) is 23.0 Å². The van der Waals surface area contributed by atoms with Crippen LogP contribution in [0.25, 0.3) is 6.08 Å². The Hall–Kier alpha value is -3.86. The Balaban J connectivity index is 2.21. The van der Waals surface area contributed by atoms with Crippen LogP contribution in [0.2, 0.25) is 0 Å². The number of hydrogen-bond donors (Lipinski definition) is 1. The highest BCUT2D eigenvalue weighted by Crippen LogP contribution is 2.18. The Morgan fingerprint density at radius 2 is 1.68 bits per heavy atom. The number of carbonyl (C=O) groups excluding carboxylic acids is 3. The molecule has 0 heterocycles. The molecule has 0 bridgehead atoms. The standard InChI is InChI=1S/C23H20F2N2O4/c1-4-31-22(30)16(13-26)12-14-8-10-15(11-9-14)20(28)23(2,3)27-21(29)19-17(24)6-5-7-18(19)25/h5-12H,4H2,1-3H3,(H,27,29). The van der Waals surface area contributed by atoms with E-state index in [9.17, 15) is 23.2 Å². The molecule has 0 spiro atoms. The number of amides is 1. The van der Waals surface area contributed by atoms with E-state index in [2.05, 4.69) is 5.32 Å². The maximum atomic E-state index is 13.8. The number of benzene rings is 2. The average molecular weight is 426 g/mol. The molecule has 1 N–H and O–H groups in total. The van der Waals surface area contributed by atoms with Crippen molar-refractivity contribution in [2.45, 2.75) is 26.3 Å². The van der Waals surface area contributed by atoms with E-state index >= 15 is 0 Å². The Kier molecular flexibility index (Phi) is 7.37. The van der Waals surface area contributed by atoms with E-state index in [0.29, 0.717) is 5.56 Å². The predicted molar refractivity (Wildman–Crippen MR) is 109 cm³/mol. The van der Waals surface area contributed by atoms with Crippen LogP contribution in [0.1, 0.15) is 47.1 Å². The lowest BCUT2D eigenvalue weighted by atomic mass is 9.92. The second-order valence-corrected chi connectivity index (χ2v) is 7.02. The number of nitrogens with one attached hydrogen (secondary N) is 1. The summed E-state index contributed by atoms with van der Waals surface area (Å²) in [6, 6.07) is 10.7. The second-order valence-electron chi connectivity index (χ2n) is 7.02. The summed E-state index contributed by atoms with van der Waals surface area (Å²) in [7, 11) is 0. The molecule has 0 saturated heterocycles. The fourth-order valence-corrected chi connectivity index (χ4v) is 2.72. The van der Waals surface area contributed by atoms with Gasteiger partial charge in [0.2, 0.25) is 0 Å². The summed E-state index contributed by atoms with van der Waals surface area (Å²) in [5, 5.41) is 11.4. The number of carbonyl (C=O) groups is 3. The molecule has 0 radical (unpaired) electrons. The van der Waals surface area contributed by atoms with Gasteiger partial charge in [-0.1, -0.05) is 30.3 Å². The molecule has 6 nitrogen and oxygen atoms in total. The van der Waals surface area contributed by atoms with Gasteiger partial charge in [-0.25, -0.2) is 13.6 Å². The summed E-state index contributed by atoms with van der Waals surface area (Å²) in [6.45, 7) is 4.57. The molecule has 0 atom stereocenters. The van der Waals surface area contributed by atoms with Crippen LogP contribution in [0.15, 0.2) is 48.0 Å². The molecule has 0 unspecified atom stereocenters. The minimum Gasteiger partial charge on any atom is -0.462 e. The van der Waals surface area contributed by atoms with Gasteiger partial charge in [-0.15, -0.1) is 0 Å². The van der Waals surface area contributed by atoms with E-state index in [1.165, 1.54) is 44.2 Å². The summed E-state index contributed by atoms with van der Waals surface area (Å²) < 4.78 is 32.5. The quantitative estimate of drug-likeness (QED) is 0.314. The van der Waals surface area contributed by atoms with Crippen LogP contribution in [-0.2, 0) is 9.53 Å². The predicted octanol–water partition coefficient (Wildman–Crippen LogP) is 3.83. The van der Waals surface area contributed by atoms with Crippen LogP contribution in [0.3, 0.4) is 0 Å². The van der Waals surface area contributed by atoms with Gasteiger partial charge in [0.25, 0.3) is 5.91 Å². The fraction of sp³-hybridized carbons (Fsp3) is 0.217. The third kappa shape index (κ3) is 5.60. The van der Waals surface area contributed by atoms with Crippen molar-refractivity contribution in [3.8, 4) is 6.07 Å². The Labute approximate surface area is 178 Å². The molecule has 2 aromatic rings. The molecular formula is C23H20F2N2O4. The first kappa shape index (κ1) is 23.4. The Morgan fingerprint density at radius 3 is 2.19 bits per heavy atom. The van der Waals surface area contributed by atoms with Gasteiger partial charge in [0.05, 0.1) is 12.1 Å². The average Bonchev–Trinajstić information content (AvgIpc) is 2.71. The van der Waals surface area contributed by atoms with Crippen molar-refractivity contribution in [3.63, 3.8) is 0 Å². The molecule has 0 aliphatic heterocycles. The molecule has 0 aliphatic rings. The van der Waals surface area contributed by atoms with Gasteiger partial charge in [-0.05, 0) is 44.5 Å². The van der Waals surface area contributed by atoms with Gasteiger partial charge in [-0.2, -0.15) is 5.26 Å². The zero-order valence-corrected chi connectivity index (χ0v) is 17.2. The highest BCUT2D eigenvalue weighted by molar-refractivity contribution is 6.07. The Morgan fingerprint density at radius 1 is 1.10 bits per heavy atom. The highest BCUT2D eigenvalue weighted by atomic mass is 19.1. The number of ether oxygens (including phenoxy) is 1. The number of nitrogens with zero attached hydrogens (tertiary/aromatic N) is 1. The summed E-state index contributed by atoms with van der Waals surface area (Å²) in [6.07, 6.45) is 1.32. The monoisotopic (exact) mass is 426 g/mol. The third-order valence-corrected chi connectivity index (χ3v) is 4.28. The molecule has 0 aromatic heterocycles. The molecule has 31 heavy (non-hydrogen) atoms. The zero-order valence-electron chi connectivity index (χ0n) is 17.2. The molecular weight excluding hydrogens is 406 g/mol. The van der Waals surface area contributed by atoms with Gasteiger partial charge in [0.1, 0.15) is 28.8 Å². The molecule has 0 aliphatic carbocycles. The van der Waals surface area contributed by atoms with E-state index in [1.54, 1.807) is 13.0 Å². The number of hydrogen-bond acceptors (Lipinski definition) is 5. The zero-order chi connectivity index (χ0) is 23.2. The second kappa shape index (κ2) is 9.76. The first-order chi connectivity index (χ1) is 14.6. The molecule has 8 heteroatoms. The molecule has 2 aromatic carbocycles. The van der Waals surface area contributed by atoms with Crippen molar-refractivity contribution in [2.75, 3.05) is 6.61 Å². The lowest BCUT2D eigenvalue weighted by Crippen LogP contribution is -2.50. The fourth-order valence-electron chi connectivity index (χ4n) is 2.72. The summed E-state index contributed by atoms with van der Waals surface area (Å²) in [5.74, 6) is -4.38. The molecule has 1 amide bonds. The maximum absolute atomic E-state index is 13.8. The van der Waals surface area contributed by atoms with E-state index < -0.39 is 40.4 Å². The normalized spacial score (nSPS) is 11.4. The summed E-state index contributed by atoms with van der Waals surface area (Å²) >= 11 is 0. The molecule has 160 valence electrons. The topological polar surface area (TPSA) is 96.3 Å².